The fourth-order valence-electron chi connectivity index (χ4n) is 3.22. The van der Waals surface area contributed by atoms with Gasteiger partial charge in [-0.25, -0.2) is 0 Å². The summed E-state index contributed by atoms with van der Waals surface area (Å²) >= 11 is 12.2. The maximum atomic E-state index is 12.3. The maximum absolute atomic E-state index is 12.3. The van der Waals surface area contributed by atoms with E-state index in [1.807, 2.05) is 24.3 Å². The summed E-state index contributed by atoms with van der Waals surface area (Å²) in [5.41, 5.74) is 3.21. The van der Waals surface area contributed by atoms with Crippen LogP contribution in [0.25, 0.3) is 0 Å². The lowest BCUT2D eigenvalue weighted by Gasteiger charge is -2.34. The number of halogens is 2. The summed E-state index contributed by atoms with van der Waals surface area (Å²) in [6, 6.07) is 13.7. The average molecular weight is 406 g/mol. The molecule has 0 saturated carbocycles. The smallest absolute Gasteiger partial charge is 0.238 e. The normalized spacial score (nSPS) is 15.7. The van der Waals surface area contributed by atoms with E-state index in [9.17, 15) is 4.79 Å². The van der Waals surface area contributed by atoms with Crippen LogP contribution in [0.15, 0.2) is 42.5 Å². The van der Waals surface area contributed by atoms with Gasteiger partial charge in [0.15, 0.2) is 0 Å². The number of nitrogens with one attached hydrogen (secondary N) is 1. The first-order chi connectivity index (χ1) is 13.0. The highest BCUT2D eigenvalue weighted by atomic mass is 35.5. The Morgan fingerprint density at radius 3 is 2.30 bits per heavy atom. The second kappa shape index (κ2) is 9.56. The summed E-state index contributed by atoms with van der Waals surface area (Å²) in [7, 11) is 0. The van der Waals surface area contributed by atoms with Crippen LogP contribution in [0.5, 0.6) is 0 Å². The number of amides is 1. The van der Waals surface area contributed by atoms with E-state index < -0.39 is 0 Å². The van der Waals surface area contributed by atoms with E-state index in [2.05, 4.69) is 34.2 Å². The number of nitrogens with zero attached hydrogens (tertiary/aromatic N) is 2. The minimum atomic E-state index is 0.0356. The van der Waals surface area contributed by atoms with Crippen LogP contribution in [0.4, 0.5) is 5.69 Å². The van der Waals surface area contributed by atoms with Crippen LogP contribution in [-0.4, -0.2) is 48.4 Å². The Morgan fingerprint density at radius 1 is 1.00 bits per heavy atom. The van der Waals surface area contributed by atoms with Gasteiger partial charge in [0.1, 0.15) is 0 Å². The number of anilines is 1. The first-order valence-electron chi connectivity index (χ1n) is 9.31. The molecule has 1 heterocycles. The molecule has 2 aromatic carbocycles. The van der Waals surface area contributed by atoms with Crippen molar-refractivity contribution in [1.82, 2.24) is 9.80 Å². The molecule has 1 fully saturated rings. The van der Waals surface area contributed by atoms with Crippen LogP contribution < -0.4 is 5.32 Å². The molecule has 0 aliphatic carbocycles. The van der Waals surface area contributed by atoms with Crippen LogP contribution in [0.3, 0.4) is 0 Å². The third-order valence-corrected chi connectivity index (χ3v) is 5.47. The topological polar surface area (TPSA) is 35.6 Å². The Balaban J connectivity index is 1.43. The standard InChI is InChI=1S/C21H25Cl2N3O/c1-2-16-3-7-19(8-4-16)24-21(27)15-26-11-9-25(10-12-26)14-17-5-6-18(22)13-20(17)23/h3-8,13H,2,9-12,14-15H2,1H3,(H,24,27). The van der Waals surface area contributed by atoms with E-state index in [4.69, 9.17) is 23.2 Å². The van der Waals surface area contributed by atoms with Crippen molar-refractivity contribution in [3.63, 3.8) is 0 Å². The van der Waals surface area contributed by atoms with Crippen molar-refractivity contribution < 1.29 is 4.79 Å². The largest absolute Gasteiger partial charge is 0.325 e. The van der Waals surface area contributed by atoms with Crippen molar-refractivity contribution in [3.05, 3.63) is 63.6 Å². The lowest BCUT2D eigenvalue weighted by atomic mass is 10.1. The zero-order valence-electron chi connectivity index (χ0n) is 15.5. The van der Waals surface area contributed by atoms with Gasteiger partial charge >= 0.3 is 0 Å². The van der Waals surface area contributed by atoms with E-state index >= 15 is 0 Å². The molecule has 0 aromatic heterocycles. The second-order valence-corrected chi connectivity index (χ2v) is 7.73. The SMILES string of the molecule is CCc1ccc(NC(=O)CN2CCN(Cc3ccc(Cl)cc3Cl)CC2)cc1. The van der Waals surface area contributed by atoms with E-state index in [1.54, 1.807) is 6.07 Å². The monoisotopic (exact) mass is 405 g/mol. The van der Waals surface area contributed by atoms with Crippen molar-refractivity contribution in [2.45, 2.75) is 19.9 Å². The molecule has 1 N–H and O–H groups in total. The lowest BCUT2D eigenvalue weighted by Crippen LogP contribution is -2.48. The molecule has 2 aromatic rings. The van der Waals surface area contributed by atoms with Crippen molar-refractivity contribution in [2.75, 3.05) is 38.0 Å². The summed E-state index contributed by atoms with van der Waals surface area (Å²) in [4.78, 5) is 16.8. The van der Waals surface area contributed by atoms with Crippen molar-refractivity contribution in [3.8, 4) is 0 Å². The van der Waals surface area contributed by atoms with Gasteiger partial charge in [0.25, 0.3) is 0 Å². The van der Waals surface area contributed by atoms with E-state index in [0.29, 0.717) is 16.6 Å². The minimum absolute atomic E-state index is 0.0356. The summed E-state index contributed by atoms with van der Waals surface area (Å²) < 4.78 is 0. The molecule has 3 rings (SSSR count). The molecular weight excluding hydrogens is 381 g/mol. The van der Waals surface area contributed by atoms with Gasteiger partial charge in [-0.3, -0.25) is 14.6 Å². The van der Waals surface area contributed by atoms with Crippen LogP contribution in [0.2, 0.25) is 10.0 Å². The van der Waals surface area contributed by atoms with Crippen molar-refractivity contribution in [1.29, 1.82) is 0 Å². The van der Waals surface area contributed by atoms with E-state index in [-0.39, 0.29) is 5.91 Å². The number of piperazine rings is 1. The van der Waals surface area contributed by atoms with Crippen LogP contribution in [-0.2, 0) is 17.8 Å². The third-order valence-electron chi connectivity index (χ3n) is 4.89. The quantitative estimate of drug-likeness (QED) is 0.777. The van der Waals surface area contributed by atoms with Crippen molar-refractivity contribution in [2.24, 2.45) is 0 Å². The number of carbonyl (C=O) groups excluding carboxylic acids is 1. The fourth-order valence-corrected chi connectivity index (χ4v) is 3.69. The highest BCUT2D eigenvalue weighted by Crippen LogP contribution is 2.22. The Hall–Kier alpha value is -1.59. The average Bonchev–Trinajstić information content (AvgIpc) is 2.66. The molecular formula is C21H25Cl2N3O. The van der Waals surface area contributed by atoms with Gasteiger partial charge in [0.2, 0.25) is 5.91 Å². The summed E-state index contributed by atoms with van der Waals surface area (Å²) in [5.74, 6) is 0.0356. The highest BCUT2D eigenvalue weighted by molar-refractivity contribution is 6.35. The van der Waals surface area contributed by atoms with E-state index in [1.165, 1.54) is 5.56 Å². The predicted octanol–water partition coefficient (Wildman–Crippen LogP) is 4.31. The number of benzene rings is 2. The maximum Gasteiger partial charge on any atom is 0.238 e. The molecule has 1 aliphatic rings. The molecule has 0 radical (unpaired) electrons. The highest BCUT2D eigenvalue weighted by Gasteiger charge is 2.19. The molecule has 0 spiro atoms. The molecule has 144 valence electrons. The van der Waals surface area contributed by atoms with Crippen LogP contribution in [0, 0.1) is 0 Å². The second-order valence-electron chi connectivity index (χ2n) is 6.89. The third kappa shape index (κ3) is 5.94. The van der Waals surface area contributed by atoms with Crippen molar-refractivity contribution >= 4 is 34.8 Å². The van der Waals surface area contributed by atoms with E-state index in [0.717, 1.165) is 50.4 Å². The van der Waals surface area contributed by atoms with Crippen LogP contribution >= 0.6 is 23.2 Å². The number of rotatable bonds is 6. The summed E-state index contributed by atoms with van der Waals surface area (Å²) in [5, 5.41) is 4.34. The molecule has 6 heteroatoms. The summed E-state index contributed by atoms with van der Waals surface area (Å²) in [6.07, 6.45) is 1.000. The minimum Gasteiger partial charge on any atom is -0.325 e. The number of aryl methyl sites for hydroxylation is 1. The summed E-state index contributed by atoms with van der Waals surface area (Å²) in [6.45, 7) is 6.91. The van der Waals surface area contributed by atoms with Gasteiger partial charge in [0, 0.05) is 48.5 Å². The van der Waals surface area contributed by atoms with Gasteiger partial charge in [-0.15, -0.1) is 0 Å². The Labute approximate surface area is 171 Å². The molecule has 1 aliphatic heterocycles. The Kier molecular flexibility index (Phi) is 7.13. The molecule has 1 saturated heterocycles. The molecule has 1 amide bonds. The zero-order chi connectivity index (χ0) is 19.2. The van der Waals surface area contributed by atoms with Gasteiger partial charge in [-0.1, -0.05) is 48.3 Å². The molecule has 0 atom stereocenters. The Morgan fingerprint density at radius 2 is 1.67 bits per heavy atom. The zero-order valence-corrected chi connectivity index (χ0v) is 17.1. The number of carbonyl (C=O) groups is 1. The molecule has 0 unspecified atom stereocenters. The molecule has 27 heavy (non-hydrogen) atoms. The van der Waals surface area contributed by atoms with Gasteiger partial charge < -0.3 is 5.32 Å². The predicted molar refractivity (Wildman–Crippen MR) is 113 cm³/mol. The fraction of sp³-hybridized carbons (Fsp3) is 0.381. The number of hydrogen-bond acceptors (Lipinski definition) is 3. The molecule has 0 bridgehead atoms. The molecule has 4 nitrogen and oxygen atoms in total. The number of hydrogen-bond donors (Lipinski definition) is 1. The van der Waals surface area contributed by atoms with Crippen LogP contribution in [0.1, 0.15) is 18.1 Å². The van der Waals surface area contributed by atoms with Gasteiger partial charge in [-0.2, -0.15) is 0 Å². The Bertz CT molecular complexity index is 771. The lowest BCUT2D eigenvalue weighted by molar-refractivity contribution is -0.117. The van der Waals surface area contributed by atoms with Gasteiger partial charge in [-0.05, 0) is 41.8 Å². The van der Waals surface area contributed by atoms with Gasteiger partial charge in [0.05, 0.1) is 6.54 Å². The first-order valence-corrected chi connectivity index (χ1v) is 10.1. The first kappa shape index (κ1) is 20.2.